The van der Waals surface area contributed by atoms with E-state index in [1.807, 2.05) is 18.2 Å². The van der Waals surface area contributed by atoms with E-state index in [1.54, 1.807) is 6.07 Å². The maximum atomic E-state index is 12.6. The number of para-hydroxylation sites is 1. The van der Waals surface area contributed by atoms with Gasteiger partial charge in [-0.1, -0.05) is 18.2 Å². The third-order valence-corrected chi connectivity index (χ3v) is 6.43. The quantitative estimate of drug-likeness (QED) is 0.891. The van der Waals surface area contributed by atoms with Gasteiger partial charge in [-0.05, 0) is 30.3 Å². The molecule has 3 rings (SSSR count). The second kappa shape index (κ2) is 6.19. The minimum atomic E-state index is -3.77. The highest BCUT2D eigenvalue weighted by molar-refractivity contribution is 7.90. The molecule has 1 aliphatic rings. The molecule has 0 spiro atoms. The number of nitrogens with one attached hydrogen (secondary N) is 1. The van der Waals surface area contributed by atoms with Gasteiger partial charge in [0, 0.05) is 18.2 Å². The number of hydrogen-bond donors (Lipinski definition) is 1. The molecular formula is C16H17NO5S2. The summed E-state index contributed by atoms with van der Waals surface area (Å²) >= 11 is 0. The first-order valence-corrected chi connectivity index (χ1v) is 10.7. The van der Waals surface area contributed by atoms with Crippen LogP contribution in [0, 0.1) is 0 Å². The Morgan fingerprint density at radius 3 is 2.25 bits per heavy atom. The molecule has 1 N–H and O–H groups in total. The van der Waals surface area contributed by atoms with Crippen molar-refractivity contribution in [3.8, 4) is 5.75 Å². The number of sulfonamides is 1. The van der Waals surface area contributed by atoms with Crippen molar-refractivity contribution >= 4 is 19.9 Å². The van der Waals surface area contributed by atoms with Crippen molar-refractivity contribution in [3.63, 3.8) is 0 Å². The maximum Gasteiger partial charge on any atom is 0.241 e. The molecule has 1 unspecified atom stereocenters. The SMILES string of the molecule is CS(=O)(=O)c1ccc(S(=O)(=O)NC2CCOc3ccccc32)cc1. The first kappa shape index (κ1) is 16.9. The Morgan fingerprint density at radius 1 is 0.958 bits per heavy atom. The molecule has 2 aromatic carbocycles. The Kier molecular flexibility index (Phi) is 4.37. The van der Waals surface area contributed by atoms with Crippen LogP contribution < -0.4 is 9.46 Å². The highest BCUT2D eigenvalue weighted by Gasteiger charge is 2.26. The van der Waals surface area contributed by atoms with Crippen molar-refractivity contribution in [2.45, 2.75) is 22.3 Å². The van der Waals surface area contributed by atoms with Gasteiger partial charge in [0.25, 0.3) is 0 Å². The predicted molar refractivity (Wildman–Crippen MR) is 89.2 cm³/mol. The lowest BCUT2D eigenvalue weighted by Crippen LogP contribution is -2.32. The molecule has 1 aliphatic heterocycles. The third-order valence-electron chi connectivity index (χ3n) is 3.82. The summed E-state index contributed by atoms with van der Waals surface area (Å²) in [6.07, 6.45) is 1.60. The van der Waals surface area contributed by atoms with Gasteiger partial charge in [-0.3, -0.25) is 0 Å². The maximum absolute atomic E-state index is 12.6. The van der Waals surface area contributed by atoms with E-state index in [0.717, 1.165) is 11.8 Å². The van der Waals surface area contributed by atoms with E-state index in [9.17, 15) is 16.8 Å². The summed E-state index contributed by atoms with van der Waals surface area (Å²) in [4.78, 5) is 0.108. The van der Waals surface area contributed by atoms with Crippen LogP contribution in [0.5, 0.6) is 5.75 Å². The zero-order valence-corrected chi connectivity index (χ0v) is 14.6. The zero-order valence-electron chi connectivity index (χ0n) is 13.0. The van der Waals surface area contributed by atoms with E-state index in [4.69, 9.17) is 4.74 Å². The number of benzene rings is 2. The standard InChI is InChI=1S/C16H17NO5S2/c1-23(18,19)12-6-8-13(9-7-12)24(20,21)17-15-10-11-22-16-5-3-2-4-14(15)16/h2-9,15,17H,10-11H2,1H3. The summed E-state index contributed by atoms with van der Waals surface area (Å²) in [5.41, 5.74) is 0.792. The normalized spacial score (nSPS) is 17.8. The van der Waals surface area contributed by atoms with E-state index in [2.05, 4.69) is 4.72 Å². The largest absolute Gasteiger partial charge is 0.493 e. The molecule has 24 heavy (non-hydrogen) atoms. The topological polar surface area (TPSA) is 89.5 Å². The van der Waals surface area contributed by atoms with Crippen LogP contribution in [0.1, 0.15) is 18.0 Å². The Morgan fingerprint density at radius 2 is 1.58 bits per heavy atom. The average Bonchev–Trinajstić information content (AvgIpc) is 2.54. The van der Waals surface area contributed by atoms with Gasteiger partial charge in [0.2, 0.25) is 10.0 Å². The molecule has 0 aromatic heterocycles. The van der Waals surface area contributed by atoms with Gasteiger partial charge in [-0.15, -0.1) is 0 Å². The van der Waals surface area contributed by atoms with Crippen LogP contribution in [-0.2, 0) is 19.9 Å². The fourth-order valence-corrected chi connectivity index (χ4v) is 4.47. The average molecular weight is 367 g/mol. The predicted octanol–water partition coefficient (Wildman–Crippen LogP) is 1.89. The molecular weight excluding hydrogens is 350 g/mol. The molecule has 2 aromatic rings. The molecule has 6 nitrogen and oxygen atoms in total. The second-order valence-corrected chi connectivity index (χ2v) is 9.32. The lowest BCUT2D eigenvalue weighted by atomic mass is 10.0. The fourth-order valence-electron chi connectivity index (χ4n) is 2.59. The van der Waals surface area contributed by atoms with Gasteiger partial charge < -0.3 is 4.74 Å². The molecule has 8 heteroatoms. The van der Waals surface area contributed by atoms with Crippen molar-refractivity contribution in [1.29, 1.82) is 0 Å². The van der Waals surface area contributed by atoms with Gasteiger partial charge in [-0.2, -0.15) is 0 Å². The number of sulfone groups is 1. The van der Waals surface area contributed by atoms with Gasteiger partial charge in [0.05, 0.1) is 22.4 Å². The van der Waals surface area contributed by atoms with E-state index in [-0.39, 0.29) is 15.8 Å². The number of rotatable bonds is 4. The molecule has 1 heterocycles. The molecule has 0 radical (unpaired) electrons. The summed E-state index contributed by atoms with van der Waals surface area (Å²) in [6, 6.07) is 12.1. The second-order valence-electron chi connectivity index (χ2n) is 5.59. The van der Waals surface area contributed by atoms with Crippen molar-refractivity contribution in [1.82, 2.24) is 4.72 Å². The summed E-state index contributed by atoms with van der Waals surface area (Å²) in [6.45, 7) is 0.428. The zero-order chi connectivity index (χ0) is 17.4. The molecule has 0 aliphatic carbocycles. The lowest BCUT2D eigenvalue weighted by molar-refractivity contribution is 0.263. The minimum absolute atomic E-state index is 0.0267. The monoisotopic (exact) mass is 367 g/mol. The summed E-state index contributed by atoms with van der Waals surface area (Å²) in [7, 11) is -7.13. The van der Waals surface area contributed by atoms with Crippen LogP contribution in [0.2, 0.25) is 0 Å². The molecule has 0 saturated heterocycles. The highest BCUT2D eigenvalue weighted by atomic mass is 32.2. The van der Waals surface area contributed by atoms with Gasteiger partial charge >= 0.3 is 0 Å². The van der Waals surface area contributed by atoms with Crippen LogP contribution in [0.25, 0.3) is 0 Å². The summed E-state index contributed by atoms with van der Waals surface area (Å²) in [5.74, 6) is 0.670. The molecule has 0 bridgehead atoms. The molecule has 0 amide bonds. The number of ether oxygens (including phenoxy) is 1. The number of hydrogen-bond acceptors (Lipinski definition) is 5. The van der Waals surface area contributed by atoms with Gasteiger partial charge in [-0.25, -0.2) is 21.6 Å². The van der Waals surface area contributed by atoms with Crippen LogP contribution in [0.3, 0.4) is 0 Å². The van der Waals surface area contributed by atoms with E-state index >= 15 is 0 Å². The van der Waals surface area contributed by atoms with Crippen molar-refractivity contribution in [2.24, 2.45) is 0 Å². The van der Waals surface area contributed by atoms with Gasteiger partial charge in [0.1, 0.15) is 5.75 Å². The van der Waals surface area contributed by atoms with Crippen LogP contribution >= 0.6 is 0 Å². The molecule has 1 atom stereocenters. The molecule has 0 fully saturated rings. The fraction of sp³-hybridized carbons (Fsp3) is 0.250. The first-order chi connectivity index (χ1) is 11.3. The first-order valence-electron chi connectivity index (χ1n) is 7.31. The Bertz CT molecular complexity index is 950. The Balaban J connectivity index is 1.87. The van der Waals surface area contributed by atoms with Crippen molar-refractivity contribution in [2.75, 3.05) is 12.9 Å². The summed E-state index contributed by atoms with van der Waals surface area (Å²) in [5, 5.41) is 0. The highest BCUT2D eigenvalue weighted by Crippen LogP contribution is 2.32. The van der Waals surface area contributed by atoms with E-state index in [0.29, 0.717) is 18.8 Å². The van der Waals surface area contributed by atoms with E-state index < -0.39 is 19.9 Å². The van der Waals surface area contributed by atoms with Crippen LogP contribution in [0.15, 0.2) is 58.3 Å². The van der Waals surface area contributed by atoms with E-state index in [1.165, 1.54) is 24.3 Å². The van der Waals surface area contributed by atoms with Crippen molar-refractivity contribution < 1.29 is 21.6 Å². The molecule has 0 saturated carbocycles. The van der Waals surface area contributed by atoms with Crippen molar-refractivity contribution in [3.05, 3.63) is 54.1 Å². The molecule has 128 valence electrons. The van der Waals surface area contributed by atoms with Crippen LogP contribution in [0.4, 0.5) is 0 Å². The smallest absolute Gasteiger partial charge is 0.241 e. The number of fused-ring (bicyclic) bond motifs is 1. The summed E-state index contributed by atoms with van der Waals surface area (Å²) < 4.78 is 56.3. The van der Waals surface area contributed by atoms with Crippen LogP contribution in [-0.4, -0.2) is 29.7 Å². The Labute approximate surface area is 141 Å². The lowest BCUT2D eigenvalue weighted by Gasteiger charge is -2.26. The van der Waals surface area contributed by atoms with Gasteiger partial charge in [0.15, 0.2) is 9.84 Å². The third kappa shape index (κ3) is 3.45. The minimum Gasteiger partial charge on any atom is -0.493 e. The Hall–Kier alpha value is -1.90.